The largest absolute Gasteiger partial charge is 0.477 e. The van der Waals surface area contributed by atoms with E-state index in [1.807, 2.05) is 6.92 Å². The van der Waals surface area contributed by atoms with Crippen LogP contribution in [0.2, 0.25) is 0 Å². The lowest BCUT2D eigenvalue weighted by Crippen LogP contribution is -2.63. The second-order valence-electron chi connectivity index (χ2n) is 9.65. The number of thioether (sulfide) groups is 2. The zero-order valence-electron chi connectivity index (χ0n) is 22.5. The summed E-state index contributed by atoms with van der Waals surface area (Å²) in [7, 11) is 0. The number of carboxylic acids is 1. The molecule has 1 unspecified atom stereocenters. The molecule has 4 N–H and O–H groups in total. The Kier molecular flexibility index (Phi) is 10.2. The highest BCUT2D eigenvalue weighted by Gasteiger charge is 2.52. The Bertz CT molecular complexity index is 1140. The van der Waals surface area contributed by atoms with E-state index in [-0.39, 0.29) is 41.4 Å². The number of carbonyl (C=O) groups is 7. The van der Waals surface area contributed by atoms with Crippen molar-refractivity contribution in [1.82, 2.24) is 25.3 Å². The minimum absolute atomic E-state index is 0.105. The first kappa shape index (κ1) is 31.4. The molecule has 0 aromatic carbocycles. The Morgan fingerprint density at radius 3 is 2.38 bits per heavy atom. The molecule has 2 fully saturated rings. The monoisotopic (exact) mass is 599 g/mol. The predicted molar refractivity (Wildman–Crippen MR) is 144 cm³/mol. The smallest absolute Gasteiger partial charge is 0.352 e. The van der Waals surface area contributed by atoms with Crippen LogP contribution in [0.4, 0.5) is 4.79 Å². The number of unbranched alkanes of at least 4 members (excludes halogenated alkanes) is 1. The number of urea groups is 1. The lowest BCUT2D eigenvalue weighted by Gasteiger charge is -2.49. The summed E-state index contributed by atoms with van der Waals surface area (Å²) in [5.74, 6) is -4.94. The molecule has 0 aromatic rings. The summed E-state index contributed by atoms with van der Waals surface area (Å²) in [5, 5.41) is 22.9. The van der Waals surface area contributed by atoms with Gasteiger partial charge in [0.2, 0.25) is 11.8 Å². The van der Waals surface area contributed by atoms with Crippen LogP contribution in [0.15, 0.2) is 11.3 Å². The number of nitrogens with one attached hydrogen (secondary N) is 2. The number of hydrogen-bond donors (Lipinski definition) is 4. The molecule has 2 saturated heterocycles. The highest BCUT2D eigenvalue weighted by molar-refractivity contribution is 8.14. The molecule has 0 aliphatic carbocycles. The molecule has 220 valence electrons. The van der Waals surface area contributed by atoms with E-state index in [0.29, 0.717) is 29.6 Å². The number of imide groups is 1. The minimum Gasteiger partial charge on any atom is -0.477 e. The number of fused-ring (bicyclic) bond motifs is 1. The highest BCUT2D eigenvalue weighted by atomic mass is 32.2. The molecule has 0 saturated carbocycles. The van der Waals surface area contributed by atoms with Crippen LogP contribution < -0.4 is 10.6 Å². The summed E-state index contributed by atoms with van der Waals surface area (Å²) in [6.45, 7) is 6.45. The summed E-state index contributed by atoms with van der Waals surface area (Å²) < 4.78 is 0. The Balaban J connectivity index is 1.79. The molecular formula is C24H33N5O9S2. The van der Waals surface area contributed by atoms with Gasteiger partial charge in [0.25, 0.3) is 0 Å². The van der Waals surface area contributed by atoms with Gasteiger partial charge in [0, 0.05) is 37.9 Å². The number of amides is 6. The molecule has 16 heteroatoms. The number of aliphatic hydroxyl groups is 1. The number of aliphatic hydroxyl groups excluding tert-OH is 1. The number of β-lactam (4-membered cyclic amide) rings is 1. The SMILES string of the molecule is CCCCN1CCN(C(=O)N[C@@H](C(=O)NC(SC(C)=O)C2=C(C(=O)O)N3C(=O)[C@H](C)[C@H]3SC2)[C@H](C)O)C(=O)C1=O. The summed E-state index contributed by atoms with van der Waals surface area (Å²) in [6.07, 6.45) is 0.0341. The molecular weight excluding hydrogens is 566 g/mol. The Morgan fingerprint density at radius 2 is 1.80 bits per heavy atom. The van der Waals surface area contributed by atoms with E-state index in [1.165, 1.54) is 30.5 Å². The van der Waals surface area contributed by atoms with Crippen molar-refractivity contribution in [2.75, 3.05) is 25.4 Å². The average molecular weight is 600 g/mol. The third kappa shape index (κ3) is 6.44. The first-order chi connectivity index (χ1) is 18.8. The van der Waals surface area contributed by atoms with Gasteiger partial charge < -0.3 is 25.7 Å². The minimum atomic E-state index is -1.62. The van der Waals surface area contributed by atoms with Crippen molar-refractivity contribution in [2.24, 2.45) is 5.92 Å². The van der Waals surface area contributed by atoms with Crippen molar-refractivity contribution in [2.45, 2.75) is 63.4 Å². The molecule has 6 amide bonds. The van der Waals surface area contributed by atoms with Gasteiger partial charge in [0.15, 0.2) is 5.12 Å². The fourth-order valence-electron chi connectivity index (χ4n) is 4.52. The van der Waals surface area contributed by atoms with Gasteiger partial charge in [-0.3, -0.25) is 33.8 Å². The standard InChI is InChI=1S/C24H33N5O9S2/c1-5-6-7-27-8-9-28(21(35)20(27)34)24(38)25-15(12(3)30)17(32)26-18(40-13(4)31)14-10-39-22-11(2)19(33)29(22)16(14)23(36)37/h11-12,15,18,22,30H,5-10H2,1-4H3,(H,25,38)(H,26,32)(H,36,37)/t11-,12-,15+,18?,22+/m0/s1. The first-order valence-electron chi connectivity index (χ1n) is 12.8. The lowest BCUT2D eigenvalue weighted by atomic mass is 9.97. The summed E-state index contributed by atoms with van der Waals surface area (Å²) >= 11 is 1.91. The van der Waals surface area contributed by atoms with E-state index in [0.717, 1.165) is 11.3 Å². The third-order valence-corrected chi connectivity index (χ3v) is 9.13. The van der Waals surface area contributed by atoms with E-state index in [1.54, 1.807) is 6.92 Å². The van der Waals surface area contributed by atoms with Crippen LogP contribution in [0.1, 0.15) is 40.5 Å². The van der Waals surface area contributed by atoms with E-state index in [2.05, 4.69) is 10.6 Å². The molecule has 5 atom stereocenters. The van der Waals surface area contributed by atoms with Gasteiger partial charge >= 0.3 is 23.8 Å². The topological polar surface area (TPSA) is 194 Å². The van der Waals surface area contributed by atoms with E-state index >= 15 is 0 Å². The zero-order chi connectivity index (χ0) is 29.9. The fourth-order valence-corrected chi connectivity index (χ4v) is 6.89. The van der Waals surface area contributed by atoms with Crippen LogP contribution >= 0.6 is 23.5 Å². The van der Waals surface area contributed by atoms with Crippen LogP contribution in [0.25, 0.3) is 0 Å². The molecule has 3 rings (SSSR count). The van der Waals surface area contributed by atoms with Crippen LogP contribution in [0.3, 0.4) is 0 Å². The van der Waals surface area contributed by atoms with Crippen molar-refractivity contribution < 1.29 is 43.8 Å². The lowest BCUT2D eigenvalue weighted by molar-refractivity contribution is -0.153. The highest BCUT2D eigenvalue weighted by Crippen LogP contribution is 2.45. The van der Waals surface area contributed by atoms with Crippen molar-refractivity contribution in [3.8, 4) is 0 Å². The molecule has 40 heavy (non-hydrogen) atoms. The summed E-state index contributed by atoms with van der Waals surface area (Å²) in [4.78, 5) is 90.9. The second kappa shape index (κ2) is 13.0. The normalized spacial score (nSPS) is 23.2. The van der Waals surface area contributed by atoms with Crippen molar-refractivity contribution >= 4 is 64.3 Å². The van der Waals surface area contributed by atoms with E-state index in [4.69, 9.17) is 0 Å². The maximum absolute atomic E-state index is 13.3. The van der Waals surface area contributed by atoms with Gasteiger partial charge in [0.1, 0.15) is 17.1 Å². The van der Waals surface area contributed by atoms with Gasteiger partial charge in [0.05, 0.1) is 17.4 Å². The van der Waals surface area contributed by atoms with Gasteiger partial charge in [-0.25, -0.2) is 9.59 Å². The van der Waals surface area contributed by atoms with Crippen LogP contribution in [0.5, 0.6) is 0 Å². The number of carbonyl (C=O) groups excluding carboxylic acids is 6. The number of nitrogens with zero attached hydrogens (tertiary/aromatic N) is 3. The Morgan fingerprint density at radius 1 is 1.12 bits per heavy atom. The van der Waals surface area contributed by atoms with E-state index < -0.39 is 58.3 Å². The Labute approximate surface area is 239 Å². The van der Waals surface area contributed by atoms with Crippen LogP contribution in [-0.4, -0.2) is 114 Å². The van der Waals surface area contributed by atoms with Gasteiger partial charge in [-0.2, -0.15) is 0 Å². The maximum Gasteiger partial charge on any atom is 0.352 e. The molecule has 3 heterocycles. The Hall–Kier alpha value is -3.11. The van der Waals surface area contributed by atoms with Crippen molar-refractivity contribution in [3.05, 3.63) is 11.3 Å². The second-order valence-corrected chi connectivity index (χ2v) is 12.0. The molecule has 0 spiro atoms. The molecule has 14 nitrogen and oxygen atoms in total. The summed E-state index contributed by atoms with van der Waals surface area (Å²) in [5.41, 5.74) is -0.212. The number of hydrogen-bond acceptors (Lipinski definition) is 10. The molecule has 3 aliphatic rings. The van der Waals surface area contributed by atoms with Crippen LogP contribution in [-0.2, 0) is 28.8 Å². The molecule has 0 aromatic heterocycles. The maximum atomic E-state index is 13.3. The number of rotatable bonds is 10. The van der Waals surface area contributed by atoms with Crippen molar-refractivity contribution in [1.29, 1.82) is 0 Å². The number of aliphatic carboxylic acids is 1. The zero-order valence-corrected chi connectivity index (χ0v) is 24.2. The van der Waals surface area contributed by atoms with Crippen LogP contribution in [0, 0.1) is 5.92 Å². The number of carboxylic acid groups (broad SMARTS) is 1. The van der Waals surface area contributed by atoms with Crippen molar-refractivity contribution in [3.63, 3.8) is 0 Å². The molecule has 3 aliphatic heterocycles. The van der Waals surface area contributed by atoms with Gasteiger partial charge in [-0.1, -0.05) is 32.0 Å². The summed E-state index contributed by atoms with van der Waals surface area (Å²) in [6, 6.07) is -2.68. The van der Waals surface area contributed by atoms with Gasteiger partial charge in [-0.15, -0.1) is 11.8 Å². The fraction of sp³-hybridized carbons (Fsp3) is 0.625. The van der Waals surface area contributed by atoms with E-state index in [9.17, 15) is 43.8 Å². The average Bonchev–Trinajstić information content (AvgIpc) is 2.90. The third-order valence-electron chi connectivity index (χ3n) is 6.72. The molecule has 0 radical (unpaired) electrons. The first-order valence-corrected chi connectivity index (χ1v) is 14.7. The predicted octanol–water partition coefficient (Wildman–Crippen LogP) is -0.472. The quantitative estimate of drug-likeness (QED) is 0.144. The van der Waals surface area contributed by atoms with Gasteiger partial charge in [-0.05, 0) is 13.3 Å². The molecule has 0 bridgehead atoms. The number of piperazine rings is 1.